The van der Waals surface area contributed by atoms with Crippen LogP contribution in [0.5, 0.6) is 11.5 Å². The Morgan fingerprint density at radius 3 is 1.95 bits per heavy atom. The van der Waals surface area contributed by atoms with Crippen LogP contribution in [-0.2, 0) is 24.4 Å². The van der Waals surface area contributed by atoms with Crippen molar-refractivity contribution in [2.24, 2.45) is 0 Å². The smallest absolute Gasteiger partial charge is 0.326 e. The number of ether oxygens (including phenoxy) is 2. The summed E-state index contributed by atoms with van der Waals surface area (Å²) in [4.78, 5) is 24.4. The number of hydrogen-bond donors (Lipinski definition) is 2. The first-order valence-electron chi connectivity index (χ1n) is 11.7. The number of carbonyl (C=O) groups is 2. The van der Waals surface area contributed by atoms with E-state index in [0.29, 0.717) is 30.3 Å². The fourth-order valence-electron chi connectivity index (χ4n) is 3.69. The van der Waals surface area contributed by atoms with Crippen LogP contribution >= 0.6 is 0 Å². The highest BCUT2D eigenvalue weighted by Crippen LogP contribution is 2.30. The molecular formula is C30H26FNO5. The van der Waals surface area contributed by atoms with Gasteiger partial charge >= 0.3 is 5.97 Å². The molecule has 0 bridgehead atoms. The predicted octanol–water partition coefficient (Wildman–Crippen LogP) is 5.41. The molecule has 6 nitrogen and oxygen atoms in total. The molecule has 4 rings (SSSR count). The minimum absolute atomic E-state index is 0.00293. The number of halogens is 1. The molecule has 0 aliphatic rings. The molecule has 0 aliphatic carbocycles. The molecule has 188 valence electrons. The lowest BCUT2D eigenvalue weighted by Gasteiger charge is -2.17. The Kier molecular flexibility index (Phi) is 8.49. The molecule has 0 aromatic heterocycles. The molecule has 0 unspecified atom stereocenters. The molecule has 0 aliphatic heterocycles. The number of carboxylic acids is 1. The van der Waals surface area contributed by atoms with Gasteiger partial charge in [0, 0.05) is 12.0 Å². The zero-order valence-corrected chi connectivity index (χ0v) is 20.0. The number of benzene rings is 4. The van der Waals surface area contributed by atoms with E-state index >= 15 is 0 Å². The number of amides is 1. The van der Waals surface area contributed by atoms with Crippen molar-refractivity contribution in [3.8, 4) is 11.5 Å². The molecule has 2 N–H and O–H groups in total. The van der Waals surface area contributed by atoms with Crippen LogP contribution in [0.4, 0.5) is 4.39 Å². The first kappa shape index (κ1) is 25.4. The second-order valence-corrected chi connectivity index (χ2v) is 8.41. The van der Waals surface area contributed by atoms with Gasteiger partial charge < -0.3 is 19.9 Å². The summed E-state index contributed by atoms with van der Waals surface area (Å²) in [6.45, 7) is 0.633. The third kappa shape index (κ3) is 7.41. The minimum Gasteiger partial charge on any atom is -0.485 e. The molecule has 0 saturated heterocycles. The molecule has 4 aromatic carbocycles. The van der Waals surface area contributed by atoms with Gasteiger partial charge in [-0.1, -0.05) is 72.8 Å². The molecule has 1 amide bonds. The van der Waals surface area contributed by atoms with Gasteiger partial charge in [0.15, 0.2) is 11.5 Å². The van der Waals surface area contributed by atoms with Crippen molar-refractivity contribution in [3.05, 3.63) is 131 Å². The Hall–Kier alpha value is -4.65. The van der Waals surface area contributed by atoms with Gasteiger partial charge in [0.2, 0.25) is 0 Å². The third-order valence-electron chi connectivity index (χ3n) is 5.61. The van der Waals surface area contributed by atoms with Gasteiger partial charge in [-0.15, -0.1) is 0 Å². The van der Waals surface area contributed by atoms with E-state index in [1.54, 1.807) is 18.2 Å². The highest BCUT2D eigenvalue weighted by atomic mass is 19.1. The predicted molar refractivity (Wildman–Crippen MR) is 137 cm³/mol. The van der Waals surface area contributed by atoms with Crippen molar-refractivity contribution in [1.82, 2.24) is 5.32 Å². The third-order valence-corrected chi connectivity index (χ3v) is 5.61. The van der Waals surface area contributed by atoms with Gasteiger partial charge in [0.1, 0.15) is 25.1 Å². The van der Waals surface area contributed by atoms with Gasteiger partial charge in [-0.2, -0.15) is 0 Å². The summed E-state index contributed by atoms with van der Waals surface area (Å²) < 4.78 is 25.6. The van der Waals surface area contributed by atoms with E-state index in [2.05, 4.69) is 5.32 Å². The Balaban J connectivity index is 1.52. The van der Waals surface area contributed by atoms with Crippen molar-refractivity contribution < 1.29 is 28.6 Å². The molecule has 1 atom stereocenters. The lowest BCUT2D eigenvalue weighted by Crippen LogP contribution is -2.42. The number of nitrogens with one attached hydrogen (secondary N) is 1. The largest absolute Gasteiger partial charge is 0.485 e. The lowest BCUT2D eigenvalue weighted by molar-refractivity contribution is -0.139. The van der Waals surface area contributed by atoms with Crippen molar-refractivity contribution in [2.75, 3.05) is 0 Å². The summed E-state index contributed by atoms with van der Waals surface area (Å²) in [6.07, 6.45) is -0.00293. The average Bonchev–Trinajstić information content (AvgIpc) is 2.92. The first-order valence-corrected chi connectivity index (χ1v) is 11.7. The minimum atomic E-state index is -1.23. The van der Waals surface area contributed by atoms with Crippen LogP contribution < -0.4 is 14.8 Å². The van der Waals surface area contributed by atoms with E-state index in [-0.39, 0.29) is 12.0 Å². The van der Waals surface area contributed by atoms with E-state index in [1.165, 1.54) is 18.2 Å². The van der Waals surface area contributed by atoms with E-state index in [9.17, 15) is 19.1 Å². The molecule has 0 fully saturated rings. The zero-order chi connectivity index (χ0) is 26.0. The average molecular weight is 500 g/mol. The Morgan fingerprint density at radius 1 is 0.730 bits per heavy atom. The van der Waals surface area contributed by atoms with Gasteiger partial charge in [-0.05, 0) is 47.0 Å². The summed E-state index contributed by atoms with van der Waals surface area (Å²) in [7, 11) is 0. The summed E-state index contributed by atoms with van der Waals surface area (Å²) in [5, 5.41) is 12.2. The number of hydrogen-bond acceptors (Lipinski definition) is 4. The maximum atomic E-state index is 13.5. The molecule has 37 heavy (non-hydrogen) atoms. The maximum absolute atomic E-state index is 13.5. The van der Waals surface area contributed by atoms with Crippen LogP contribution in [0.1, 0.15) is 27.0 Å². The normalized spacial score (nSPS) is 11.4. The van der Waals surface area contributed by atoms with Crippen LogP contribution in [-0.4, -0.2) is 23.0 Å². The number of carbonyl (C=O) groups excluding carboxylic acids is 1. The quantitative estimate of drug-likeness (QED) is 0.288. The summed E-state index contributed by atoms with van der Waals surface area (Å²) in [5.41, 5.74) is 2.63. The highest BCUT2D eigenvalue weighted by molar-refractivity contribution is 5.96. The highest BCUT2D eigenvalue weighted by Gasteiger charge is 2.22. The van der Waals surface area contributed by atoms with Crippen LogP contribution in [0, 0.1) is 5.82 Å². The van der Waals surface area contributed by atoms with Crippen molar-refractivity contribution >= 4 is 11.9 Å². The number of carboxylic acid groups (broad SMARTS) is 1. The lowest BCUT2D eigenvalue weighted by atomic mass is 10.0. The first-order chi connectivity index (χ1) is 18.0. The SMILES string of the molecule is O=C(N[C@@H](Cc1ccc(OCc2ccccc2)c(OCc2ccccc2)c1)C(=O)O)c1cccc(F)c1. The molecule has 4 aromatic rings. The Labute approximate surface area is 214 Å². The zero-order valence-electron chi connectivity index (χ0n) is 20.0. The Bertz CT molecular complexity index is 1340. The van der Waals surface area contributed by atoms with Gasteiger partial charge in [0.25, 0.3) is 5.91 Å². The van der Waals surface area contributed by atoms with E-state index < -0.39 is 23.7 Å². The second kappa shape index (κ2) is 12.4. The van der Waals surface area contributed by atoms with Crippen LogP contribution in [0.25, 0.3) is 0 Å². The molecule has 7 heteroatoms. The second-order valence-electron chi connectivity index (χ2n) is 8.41. The van der Waals surface area contributed by atoms with E-state index in [1.807, 2.05) is 60.7 Å². The van der Waals surface area contributed by atoms with Crippen molar-refractivity contribution in [2.45, 2.75) is 25.7 Å². The van der Waals surface area contributed by atoms with Crippen molar-refractivity contribution in [1.29, 1.82) is 0 Å². The molecule has 0 radical (unpaired) electrons. The fraction of sp³-hybridized carbons (Fsp3) is 0.133. The summed E-state index contributed by atoms with van der Waals surface area (Å²) in [5.74, 6) is -1.49. The molecule has 0 heterocycles. The summed E-state index contributed by atoms with van der Waals surface area (Å²) in [6, 6.07) is 28.4. The topological polar surface area (TPSA) is 84.9 Å². The van der Waals surface area contributed by atoms with Crippen LogP contribution in [0.15, 0.2) is 103 Å². The van der Waals surface area contributed by atoms with Gasteiger partial charge in [0.05, 0.1) is 0 Å². The van der Waals surface area contributed by atoms with Crippen molar-refractivity contribution in [3.63, 3.8) is 0 Å². The molecular weight excluding hydrogens is 473 g/mol. The van der Waals surface area contributed by atoms with Gasteiger partial charge in [-0.3, -0.25) is 4.79 Å². The summed E-state index contributed by atoms with van der Waals surface area (Å²) >= 11 is 0. The Morgan fingerprint density at radius 2 is 1.35 bits per heavy atom. The standard InChI is InChI=1S/C30H26FNO5/c31-25-13-7-12-24(18-25)29(33)32-26(30(34)35)16-23-14-15-27(36-19-21-8-3-1-4-9-21)28(17-23)37-20-22-10-5-2-6-11-22/h1-15,17-18,26H,16,19-20H2,(H,32,33)(H,34,35)/t26-/m0/s1. The van der Waals surface area contributed by atoms with Crippen LogP contribution in [0.3, 0.4) is 0 Å². The maximum Gasteiger partial charge on any atom is 0.326 e. The monoisotopic (exact) mass is 499 g/mol. The van der Waals surface area contributed by atoms with Gasteiger partial charge in [-0.25, -0.2) is 9.18 Å². The fourth-order valence-corrected chi connectivity index (χ4v) is 3.69. The molecule has 0 spiro atoms. The van der Waals surface area contributed by atoms with Crippen LogP contribution in [0.2, 0.25) is 0 Å². The number of rotatable bonds is 11. The number of aliphatic carboxylic acids is 1. The van der Waals surface area contributed by atoms with E-state index in [0.717, 1.165) is 17.2 Å². The molecule has 0 saturated carbocycles. The van der Waals surface area contributed by atoms with E-state index in [4.69, 9.17) is 9.47 Å².